The van der Waals surface area contributed by atoms with Gasteiger partial charge in [0.2, 0.25) is 22.9 Å². The lowest BCUT2D eigenvalue weighted by molar-refractivity contribution is 0.0308. The van der Waals surface area contributed by atoms with Crippen molar-refractivity contribution < 1.29 is 23.4 Å². The number of ether oxygens (including phenoxy) is 2. The van der Waals surface area contributed by atoms with E-state index < -0.39 is 22.9 Å². The van der Waals surface area contributed by atoms with E-state index in [9.17, 15) is 5.11 Å². The molecule has 0 radical (unpaired) electrons. The Morgan fingerprint density at radius 2 is 1.30 bits per heavy atom. The number of allylic oxidation sites excluding steroid dienone is 1. The largest absolute Gasteiger partial charge is 0.543 e. The molecule has 0 saturated carbocycles. The van der Waals surface area contributed by atoms with Gasteiger partial charge in [0.05, 0.1) is 6.61 Å². The number of hydrogen-bond acceptors (Lipinski definition) is 5. The molecule has 1 unspecified atom stereocenters. The average molecular weight is 541 g/mol. The number of fused-ring (bicyclic) bond motifs is 4. The van der Waals surface area contributed by atoms with Crippen LogP contribution >= 0.6 is 0 Å². The van der Waals surface area contributed by atoms with Gasteiger partial charge in [-0.25, -0.2) is 0 Å². The van der Waals surface area contributed by atoms with Crippen LogP contribution in [0.5, 0.6) is 23.0 Å². The van der Waals surface area contributed by atoms with Gasteiger partial charge in [0, 0.05) is 28.8 Å². The lowest BCUT2D eigenvalue weighted by Gasteiger charge is -2.37. The SMILES string of the molecule is CC(C)(C)[Si](C)(C)Oc1ccc2c(c1)OC(O)C1=C2CCCOc2cc(O[Si](C)(C)C(C)(C)C)ccc21. The minimum Gasteiger partial charge on any atom is -0.543 e. The van der Waals surface area contributed by atoms with Crippen molar-refractivity contribution in [1.29, 1.82) is 0 Å². The van der Waals surface area contributed by atoms with Crippen molar-refractivity contribution in [2.24, 2.45) is 0 Å². The highest BCUT2D eigenvalue weighted by Gasteiger charge is 2.40. The lowest BCUT2D eigenvalue weighted by atomic mass is 9.87. The standard InChI is InChI=1S/C30H44O5Si2/c1-29(2,3)36(7,8)34-20-14-16-24-25(18-20)32-17-11-12-23-22-15-13-21(35-37(9,10)30(4,5)6)19-26(22)33-28(31)27(23)24/h13-16,18-19,28,31H,11-12,17H2,1-10H3. The predicted octanol–water partition coefficient (Wildman–Crippen LogP) is 8.25. The van der Waals surface area contributed by atoms with Crippen LogP contribution < -0.4 is 18.3 Å². The van der Waals surface area contributed by atoms with Crippen LogP contribution in [-0.2, 0) is 0 Å². The van der Waals surface area contributed by atoms with Gasteiger partial charge < -0.3 is 23.4 Å². The first-order valence-electron chi connectivity index (χ1n) is 13.4. The molecule has 0 aliphatic carbocycles. The summed E-state index contributed by atoms with van der Waals surface area (Å²) in [5, 5.41) is 11.4. The quantitative estimate of drug-likeness (QED) is 0.396. The Hall–Kier alpha value is -2.23. The van der Waals surface area contributed by atoms with E-state index in [-0.39, 0.29) is 10.1 Å². The van der Waals surface area contributed by atoms with Crippen molar-refractivity contribution in [1.82, 2.24) is 0 Å². The zero-order valence-corrected chi connectivity index (χ0v) is 26.2. The molecule has 37 heavy (non-hydrogen) atoms. The summed E-state index contributed by atoms with van der Waals surface area (Å²) < 4.78 is 25.3. The van der Waals surface area contributed by atoms with Gasteiger partial charge in [0.1, 0.15) is 23.0 Å². The van der Waals surface area contributed by atoms with Gasteiger partial charge in [-0.15, -0.1) is 0 Å². The fourth-order valence-electron chi connectivity index (χ4n) is 4.19. The fourth-order valence-corrected chi connectivity index (χ4v) is 6.23. The molecule has 0 aromatic heterocycles. The zero-order chi connectivity index (χ0) is 27.4. The molecule has 0 bridgehead atoms. The third-order valence-corrected chi connectivity index (χ3v) is 17.2. The second kappa shape index (κ2) is 9.51. The fraction of sp³-hybridized carbons (Fsp3) is 0.533. The Morgan fingerprint density at radius 1 is 0.784 bits per heavy atom. The molecule has 0 saturated heterocycles. The van der Waals surface area contributed by atoms with Crippen molar-refractivity contribution in [2.45, 2.75) is 96.9 Å². The molecule has 2 aliphatic heterocycles. The van der Waals surface area contributed by atoms with Crippen molar-refractivity contribution >= 4 is 27.8 Å². The highest BCUT2D eigenvalue weighted by Crippen LogP contribution is 2.48. The maximum Gasteiger partial charge on any atom is 0.250 e. The van der Waals surface area contributed by atoms with Crippen molar-refractivity contribution in [3.63, 3.8) is 0 Å². The van der Waals surface area contributed by atoms with Crippen LogP contribution in [0.15, 0.2) is 36.4 Å². The van der Waals surface area contributed by atoms with Crippen LogP contribution in [0.3, 0.4) is 0 Å². The molecule has 0 spiro atoms. The molecule has 5 nitrogen and oxygen atoms in total. The van der Waals surface area contributed by atoms with Crippen LogP contribution in [0.1, 0.15) is 65.5 Å². The molecule has 7 heteroatoms. The van der Waals surface area contributed by atoms with E-state index in [1.165, 1.54) is 0 Å². The maximum absolute atomic E-state index is 11.2. The van der Waals surface area contributed by atoms with Gasteiger partial charge in [0.25, 0.3) is 0 Å². The molecule has 2 aromatic rings. The summed E-state index contributed by atoms with van der Waals surface area (Å²) >= 11 is 0. The Kier molecular flexibility index (Phi) is 7.14. The van der Waals surface area contributed by atoms with Gasteiger partial charge in [-0.2, -0.15) is 0 Å². The molecule has 2 aromatic carbocycles. The Morgan fingerprint density at radius 3 is 1.84 bits per heavy atom. The molecule has 2 heterocycles. The maximum atomic E-state index is 11.2. The molecule has 0 amide bonds. The van der Waals surface area contributed by atoms with Gasteiger partial charge >= 0.3 is 0 Å². The molecular weight excluding hydrogens is 496 g/mol. The van der Waals surface area contributed by atoms with Crippen LogP contribution in [0.2, 0.25) is 36.3 Å². The lowest BCUT2D eigenvalue weighted by Crippen LogP contribution is -2.43. The topological polar surface area (TPSA) is 57.2 Å². The average Bonchev–Trinajstić information content (AvgIpc) is 2.73. The first kappa shape index (κ1) is 27.8. The van der Waals surface area contributed by atoms with Crippen LogP contribution in [0, 0.1) is 0 Å². The Bertz CT molecular complexity index is 1200. The van der Waals surface area contributed by atoms with Crippen LogP contribution in [-0.4, -0.2) is 34.6 Å². The summed E-state index contributed by atoms with van der Waals surface area (Å²) in [6.07, 6.45) is 0.561. The summed E-state index contributed by atoms with van der Waals surface area (Å²) in [6, 6.07) is 12.0. The van der Waals surface area contributed by atoms with E-state index >= 15 is 0 Å². The molecule has 2 aliphatic rings. The summed E-state index contributed by atoms with van der Waals surface area (Å²) in [5.41, 5.74) is 3.75. The minimum atomic E-state index is -1.99. The second-order valence-electron chi connectivity index (χ2n) is 13.4. The highest BCUT2D eigenvalue weighted by molar-refractivity contribution is 6.75. The summed E-state index contributed by atoms with van der Waals surface area (Å²) in [6.45, 7) is 22.9. The van der Waals surface area contributed by atoms with E-state index in [4.69, 9.17) is 18.3 Å². The molecule has 0 fully saturated rings. The minimum absolute atomic E-state index is 0.0926. The first-order valence-corrected chi connectivity index (χ1v) is 19.2. The van der Waals surface area contributed by atoms with E-state index in [1.807, 2.05) is 30.3 Å². The number of benzene rings is 2. The number of hydrogen-bond donors (Lipinski definition) is 1. The highest BCUT2D eigenvalue weighted by atomic mass is 28.4. The smallest absolute Gasteiger partial charge is 0.250 e. The Balaban J connectivity index is 1.73. The van der Waals surface area contributed by atoms with Crippen molar-refractivity contribution in [2.75, 3.05) is 6.61 Å². The van der Waals surface area contributed by atoms with E-state index in [0.29, 0.717) is 12.4 Å². The van der Waals surface area contributed by atoms with Crippen LogP contribution in [0.25, 0.3) is 11.1 Å². The van der Waals surface area contributed by atoms with Gasteiger partial charge in [-0.3, -0.25) is 0 Å². The van der Waals surface area contributed by atoms with Crippen molar-refractivity contribution in [3.05, 3.63) is 47.5 Å². The van der Waals surface area contributed by atoms with E-state index in [1.54, 1.807) is 0 Å². The van der Waals surface area contributed by atoms with Gasteiger partial charge in [-0.1, -0.05) is 41.5 Å². The molecule has 4 rings (SSSR count). The van der Waals surface area contributed by atoms with Gasteiger partial charge in [-0.05, 0) is 78.9 Å². The molecule has 1 atom stereocenters. The summed E-state index contributed by atoms with van der Waals surface area (Å²) in [7, 11) is -3.99. The number of aliphatic hydroxyl groups is 1. The number of aliphatic hydroxyl groups excluding tert-OH is 1. The third kappa shape index (κ3) is 5.49. The molecule has 202 valence electrons. The third-order valence-electron chi connectivity index (χ3n) is 8.52. The van der Waals surface area contributed by atoms with E-state index in [2.05, 4.69) is 73.8 Å². The zero-order valence-electron chi connectivity index (χ0n) is 24.2. The van der Waals surface area contributed by atoms with Crippen molar-refractivity contribution in [3.8, 4) is 23.0 Å². The number of rotatable bonds is 4. The second-order valence-corrected chi connectivity index (χ2v) is 22.8. The Labute approximate surface area is 225 Å². The van der Waals surface area contributed by atoms with Crippen LogP contribution in [0.4, 0.5) is 0 Å². The normalized spacial score (nSPS) is 18.4. The summed E-state index contributed by atoms with van der Waals surface area (Å²) in [5.74, 6) is 3.01. The monoisotopic (exact) mass is 540 g/mol. The predicted molar refractivity (Wildman–Crippen MR) is 157 cm³/mol. The molecule has 1 N–H and O–H groups in total. The van der Waals surface area contributed by atoms with Gasteiger partial charge in [0.15, 0.2) is 0 Å². The molecular formula is C30H44O5Si2. The van der Waals surface area contributed by atoms with E-state index in [0.717, 1.165) is 52.4 Å². The summed E-state index contributed by atoms with van der Waals surface area (Å²) in [4.78, 5) is 0. The first-order chi connectivity index (χ1) is 17.0.